The molecule has 1 aliphatic rings. The number of hydrogen-bond acceptors (Lipinski definition) is 4. The maximum absolute atomic E-state index is 6.16. The average molecular weight is 335 g/mol. The molecule has 2 N–H and O–H groups in total. The highest BCUT2D eigenvalue weighted by Gasteiger charge is 2.27. The van der Waals surface area contributed by atoms with Crippen LogP contribution in [-0.4, -0.2) is 44.3 Å². The lowest BCUT2D eigenvalue weighted by Gasteiger charge is -2.36. The summed E-state index contributed by atoms with van der Waals surface area (Å²) in [5.74, 6) is 2.74. The van der Waals surface area contributed by atoms with Crippen molar-refractivity contribution < 1.29 is 9.47 Å². The molecule has 1 saturated heterocycles. The van der Waals surface area contributed by atoms with Crippen LogP contribution in [0.1, 0.15) is 51.5 Å². The standard InChI is InChI=1S/C20H34N2O2/c1-4-11-22-12-9-16(10-13-22)18(15-21)17-7-8-19(23-5-2)20(14-17)24-6-3/h7-8,14,16,18H,4-6,9-13,15,21H2,1-3H3. The van der Waals surface area contributed by atoms with E-state index in [9.17, 15) is 0 Å². The Morgan fingerprint density at radius 3 is 2.33 bits per heavy atom. The highest BCUT2D eigenvalue weighted by molar-refractivity contribution is 5.44. The van der Waals surface area contributed by atoms with Gasteiger partial charge in [-0.2, -0.15) is 0 Å². The van der Waals surface area contributed by atoms with Crippen LogP contribution in [0.3, 0.4) is 0 Å². The fourth-order valence-corrected chi connectivity index (χ4v) is 3.79. The van der Waals surface area contributed by atoms with Gasteiger partial charge in [0.15, 0.2) is 11.5 Å². The van der Waals surface area contributed by atoms with Crippen LogP contribution >= 0.6 is 0 Å². The summed E-state index contributed by atoms with van der Waals surface area (Å²) >= 11 is 0. The van der Waals surface area contributed by atoms with Crippen LogP contribution in [0.15, 0.2) is 18.2 Å². The number of nitrogens with two attached hydrogens (primary N) is 1. The van der Waals surface area contributed by atoms with Crippen molar-refractivity contribution in [3.63, 3.8) is 0 Å². The first-order valence-electron chi connectivity index (χ1n) is 9.55. The normalized spacial score (nSPS) is 17.7. The molecule has 1 aromatic rings. The van der Waals surface area contributed by atoms with E-state index in [1.54, 1.807) is 0 Å². The van der Waals surface area contributed by atoms with Gasteiger partial charge >= 0.3 is 0 Å². The van der Waals surface area contributed by atoms with Crippen LogP contribution in [0.4, 0.5) is 0 Å². The second-order valence-electron chi connectivity index (χ2n) is 6.59. The molecule has 1 atom stereocenters. The van der Waals surface area contributed by atoms with E-state index >= 15 is 0 Å². The number of piperidine rings is 1. The molecule has 0 aromatic heterocycles. The third-order valence-electron chi connectivity index (χ3n) is 4.99. The third kappa shape index (κ3) is 4.87. The first kappa shape index (κ1) is 19.1. The fourth-order valence-electron chi connectivity index (χ4n) is 3.79. The maximum atomic E-state index is 6.16. The highest BCUT2D eigenvalue weighted by atomic mass is 16.5. The summed E-state index contributed by atoms with van der Waals surface area (Å²) < 4.78 is 11.5. The van der Waals surface area contributed by atoms with E-state index in [0.717, 1.165) is 11.5 Å². The minimum absolute atomic E-state index is 0.406. The van der Waals surface area contributed by atoms with E-state index in [-0.39, 0.29) is 0 Å². The minimum Gasteiger partial charge on any atom is -0.490 e. The van der Waals surface area contributed by atoms with Crippen LogP contribution in [0.5, 0.6) is 11.5 Å². The van der Waals surface area contributed by atoms with E-state index in [4.69, 9.17) is 15.2 Å². The molecule has 0 radical (unpaired) electrons. The number of ether oxygens (including phenoxy) is 2. The lowest BCUT2D eigenvalue weighted by Crippen LogP contribution is -2.37. The molecule has 0 bridgehead atoms. The van der Waals surface area contributed by atoms with Crippen molar-refractivity contribution in [1.29, 1.82) is 0 Å². The van der Waals surface area contributed by atoms with Crippen molar-refractivity contribution in [2.24, 2.45) is 11.7 Å². The van der Waals surface area contributed by atoms with E-state index in [1.165, 1.54) is 44.5 Å². The van der Waals surface area contributed by atoms with Gasteiger partial charge in [0, 0.05) is 0 Å². The second-order valence-corrected chi connectivity index (χ2v) is 6.59. The molecule has 0 amide bonds. The van der Waals surface area contributed by atoms with Crippen molar-refractivity contribution in [3.8, 4) is 11.5 Å². The largest absolute Gasteiger partial charge is 0.490 e. The number of hydrogen-bond donors (Lipinski definition) is 1. The first-order chi connectivity index (χ1) is 11.7. The Bertz CT molecular complexity index is 485. The molecule has 1 fully saturated rings. The van der Waals surface area contributed by atoms with Crippen molar-refractivity contribution in [1.82, 2.24) is 4.90 Å². The minimum atomic E-state index is 0.406. The molecule has 1 unspecified atom stereocenters. The van der Waals surface area contributed by atoms with Gasteiger partial charge < -0.3 is 20.1 Å². The smallest absolute Gasteiger partial charge is 0.161 e. The molecule has 1 aromatic carbocycles. The Morgan fingerprint density at radius 1 is 1.08 bits per heavy atom. The van der Waals surface area contributed by atoms with Crippen molar-refractivity contribution in [3.05, 3.63) is 23.8 Å². The van der Waals surface area contributed by atoms with Crippen molar-refractivity contribution >= 4 is 0 Å². The molecule has 4 heteroatoms. The van der Waals surface area contributed by atoms with Gasteiger partial charge in [-0.1, -0.05) is 13.0 Å². The zero-order valence-corrected chi connectivity index (χ0v) is 15.6. The molecule has 0 saturated carbocycles. The van der Waals surface area contributed by atoms with Gasteiger partial charge in [-0.25, -0.2) is 0 Å². The Labute approximate surface area is 147 Å². The number of rotatable bonds is 9. The van der Waals surface area contributed by atoms with Crippen molar-refractivity contribution in [2.75, 3.05) is 39.4 Å². The highest BCUT2D eigenvalue weighted by Crippen LogP contribution is 2.36. The zero-order valence-electron chi connectivity index (χ0n) is 15.6. The average Bonchev–Trinajstić information content (AvgIpc) is 2.60. The Kier molecular flexibility index (Phi) is 7.86. The predicted octanol–water partition coefficient (Wildman–Crippen LogP) is 3.65. The lowest BCUT2D eigenvalue weighted by molar-refractivity contribution is 0.169. The van der Waals surface area contributed by atoms with Gasteiger partial charge in [0.1, 0.15) is 0 Å². The summed E-state index contributed by atoms with van der Waals surface area (Å²) in [6.07, 6.45) is 3.71. The number of benzene rings is 1. The van der Waals surface area contributed by atoms with E-state index in [1.807, 2.05) is 19.9 Å². The fraction of sp³-hybridized carbons (Fsp3) is 0.700. The molecular formula is C20H34N2O2. The van der Waals surface area contributed by atoms with Crippen LogP contribution in [0.2, 0.25) is 0 Å². The number of likely N-dealkylation sites (tertiary alicyclic amines) is 1. The SMILES string of the molecule is CCCN1CCC(C(CN)c2ccc(OCC)c(OCC)c2)CC1. The summed E-state index contributed by atoms with van der Waals surface area (Å²) in [5.41, 5.74) is 7.45. The molecule has 24 heavy (non-hydrogen) atoms. The molecule has 1 aliphatic heterocycles. The molecule has 136 valence electrons. The van der Waals surface area contributed by atoms with Gasteiger partial charge in [-0.3, -0.25) is 0 Å². The maximum Gasteiger partial charge on any atom is 0.161 e. The third-order valence-corrected chi connectivity index (χ3v) is 4.99. The Morgan fingerprint density at radius 2 is 1.75 bits per heavy atom. The first-order valence-corrected chi connectivity index (χ1v) is 9.55. The van der Waals surface area contributed by atoms with E-state index < -0.39 is 0 Å². The summed E-state index contributed by atoms with van der Waals surface area (Å²) in [6.45, 7) is 11.9. The topological polar surface area (TPSA) is 47.7 Å². The van der Waals surface area contributed by atoms with Gasteiger partial charge in [-0.05, 0) is 88.8 Å². The van der Waals surface area contributed by atoms with Gasteiger partial charge in [0.25, 0.3) is 0 Å². The summed E-state index contributed by atoms with van der Waals surface area (Å²) in [6, 6.07) is 6.35. The van der Waals surface area contributed by atoms with Gasteiger partial charge in [0.05, 0.1) is 13.2 Å². The molecular weight excluding hydrogens is 300 g/mol. The summed E-state index contributed by atoms with van der Waals surface area (Å²) in [7, 11) is 0. The van der Waals surface area contributed by atoms with Gasteiger partial charge in [-0.15, -0.1) is 0 Å². The van der Waals surface area contributed by atoms with Crippen LogP contribution in [0.25, 0.3) is 0 Å². The Hall–Kier alpha value is -1.26. The molecule has 1 heterocycles. The zero-order chi connectivity index (χ0) is 17.4. The molecule has 4 nitrogen and oxygen atoms in total. The van der Waals surface area contributed by atoms with Crippen LogP contribution < -0.4 is 15.2 Å². The van der Waals surface area contributed by atoms with Crippen LogP contribution in [0, 0.1) is 5.92 Å². The second kappa shape index (κ2) is 9.90. The van der Waals surface area contributed by atoms with E-state index in [0.29, 0.717) is 31.6 Å². The summed E-state index contributed by atoms with van der Waals surface area (Å²) in [4.78, 5) is 2.58. The summed E-state index contributed by atoms with van der Waals surface area (Å²) in [5, 5.41) is 0. The van der Waals surface area contributed by atoms with Crippen molar-refractivity contribution in [2.45, 2.75) is 46.0 Å². The monoisotopic (exact) mass is 334 g/mol. The molecule has 2 rings (SSSR count). The quantitative estimate of drug-likeness (QED) is 0.749. The number of nitrogens with zero attached hydrogens (tertiary/aromatic N) is 1. The Balaban J connectivity index is 2.11. The lowest BCUT2D eigenvalue weighted by atomic mass is 9.80. The van der Waals surface area contributed by atoms with Gasteiger partial charge in [0.2, 0.25) is 0 Å². The van der Waals surface area contributed by atoms with Crippen LogP contribution in [-0.2, 0) is 0 Å². The predicted molar refractivity (Wildman–Crippen MR) is 100 cm³/mol. The molecule has 0 spiro atoms. The molecule has 0 aliphatic carbocycles. The van der Waals surface area contributed by atoms with E-state index in [2.05, 4.69) is 24.0 Å².